The topological polar surface area (TPSA) is 92.0 Å². The summed E-state index contributed by atoms with van der Waals surface area (Å²) in [7, 11) is 2.54. The van der Waals surface area contributed by atoms with E-state index in [1.165, 1.54) is 14.2 Å². The molecule has 2 heterocycles. The van der Waals surface area contributed by atoms with E-state index >= 15 is 0 Å². The van der Waals surface area contributed by atoms with Gasteiger partial charge in [-0.05, 0) is 24.6 Å². The molecule has 0 spiro atoms. The average molecular weight is 344 g/mol. The molecule has 0 radical (unpaired) electrons. The molecule has 7 heteroatoms. The van der Waals surface area contributed by atoms with E-state index in [1.54, 1.807) is 37.3 Å². The van der Waals surface area contributed by atoms with Crippen LogP contribution in [0.3, 0.4) is 0 Å². The van der Waals surface area contributed by atoms with Crippen molar-refractivity contribution in [3.8, 4) is 5.75 Å². The number of methoxy groups -OCH3 is 2. The maximum absolute atomic E-state index is 12.3. The van der Waals surface area contributed by atoms with Gasteiger partial charge in [0.05, 0.1) is 31.3 Å². The highest BCUT2D eigenvalue weighted by atomic mass is 16.6. The van der Waals surface area contributed by atoms with Gasteiger partial charge in [-0.2, -0.15) is 0 Å². The lowest BCUT2D eigenvalue weighted by Crippen LogP contribution is -2.31. The number of ether oxygens (including phenoxy) is 3. The zero-order chi connectivity index (χ0) is 18.1. The second-order valence-electron chi connectivity index (χ2n) is 5.58. The molecule has 2 atom stereocenters. The van der Waals surface area contributed by atoms with Crippen LogP contribution in [-0.2, 0) is 14.3 Å². The monoisotopic (exact) mass is 344 g/mol. The highest BCUT2D eigenvalue weighted by Crippen LogP contribution is 2.41. The summed E-state index contributed by atoms with van der Waals surface area (Å²) < 4.78 is 20.3. The Bertz CT molecular complexity index is 879. The second kappa shape index (κ2) is 6.43. The average Bonchev–Trinajstić information content (AvgIpc) is 3.00. The van der Waals surface area contributed by atoms with Crippen LogP contribution in [-0.4, -0.2) is 32.3 Å². The van der Waals surface area contributed by atoms with Crippen molar-refractivity contribution in [2.75, 3.05) is 14.2 Å². The molecular weight excluding hydrogens is 328 g/mol. The van der Waals surface area contributed by atoms with Crippen molar-refractivity contribution in [3.63, 3.8) is 0 Å². The highest BCUT2D eigenvalue weighted by molar-refractivity contribution is 5.89. The van der Waals surface area contributed by atoms with Crippen molar-refractivity contribution >= 4 is 11.9 Å². The third-order valence-electron chi connectivity index (χ3n) is 4.07. The quantitative estimate of drug-likeness (QED) is 0.784. The second-order valence-corrected chi connectivity index (χ2v) is 5.58. The summed E-state index contributed by atoms with van der Waals surface area (Å²) in [6.45, 7) is 1.62. The molecule has 0 amide bonds. The van der Waals surface area contributed by atoms with Crippen LogP contribution < -0.4 is 10.4 Å². The maximum Gasteiger partial charge on any atom is 0.348 e. The molecule has 0 saturated heterocycles. The Labute approximate surface area is 143 Å². The van der Waals surface area contributed by atoms with Crippen molar-refractivity contribution in [2.24, 2.45) is 0 Å². The molecule has 1 aliphatic heterocycles. The lowest BCUT2D eigenvalue weighted by Gasteiger charge is -2.17. The molecule has 3 rings (SSSR count). The van der Waals surface area contributed by atoms with E-state index in [0.717, 1.165) is 0 Å². The Morgan fingerprint density at radius 2 is 1.76 bits per heavy atom. The van der Waals surface area contributed by atoms with Crippen molar-refractivity contribution < 1.29 is 28.2 Å². The number of rotatable bonds is 3. The molecule has 7 nitrogen and oxygen atoms in total. The summed E-state index contributed by atoms with van der Waals surface area (Å²) in [5, 5.41) is 0. The fourth-order valence-corrected chi connectivity index (χ4v) is 2.91. The van der Waals surface area contributed by atoms with Crippen LogP contribution in [0.2, 0.25) is 0 Å². The van der Waals surface area contributed by atoms with E-state index in [0.29, 0.717) is 22.6 Å². The number of carbonyl (C=O) groups is 2. The third kappa shape index (κ3) is 2.88. The molecule has 0 N–H and O–H groups in total. The lowest BCUT2D eigenvalue weighted by atomic mass is 9.88. The lowest BCUT2D eigenvalue weighted by molar-refractivity contribution is -0.148. The Hall–Kier alpha value is -3.09. The van der Waals surface area contributed by atoms with E-state index in [-0.39, 0.29) is 5.56 Å². The van der Waals surface area contributed by atoms with Crippen molar-refractivity contribution in [1.29, 1.82) is 0 Å². The normalized spacial score (nSPS) is 18.2. The van der Waals surface area contributed by atoms with Gasteiger partial charge in [-0.1, -0.05) is 12.1 Å². The molecule has 1 aromatic carbocycles. The number of esters is 2. The largest absolute Gasteiger partial charge is 0.477 e. The number of hydrogen-bond acceptors (Lipinski definition) is 7. The third-order valence-corrected chi connectivity index (χ3v) is 4.07. The fraction of sp³-hybridized carbons (Fsp3) is 0.278. The van der Waals surface area contributed by atoms with Gasteiger partial charge in [-0.25, -0.2) is 14.4 Å². The van der Waals surface area contributed by atoms with Crippen LogP contribution in [0.25, 0.3) is 0 Å². The molecule has 25 heavy (non-hydrogen) atoms. The minimum absolute atomic E-state index is 0.256. The Balaban J connectivity index is 2.10. The predicted molar refractivity (Wildman–Crippen MR) is 85.8 cm³/mol. The van der Waals surface area contributed by atoms with E-state index in [4.69, 9.17) is 13.9 Å². The summed E-state index contributed by atoms with van der Waals surface area (Å²) in [4.78, 5) is 36.0. The molecule has 0 saturated carbocycles. The number of carbonyl (C=O) groups excluding carboxylic acids is 2. The van der Waals surface area contributed by atoms with E-state index in [1.807, 2.05) is 0 Å². The first-order valence-electron chi connectivity index (χ1n) is 7.53. The maximum atomic E-state index is 12.3. The Kier molecular flexibility index (Phi) is 4.31. The van der Waals surface area contributed by atoms with Gasteiger partial charge in [0.2, 0.25) is 6.10 Å². The first kappa shape index (κ1) is 16.8. The van der Waals surface area contributed by atoms with Gasteiger partial charge >= 0.3 is 17.6 Å². The van der Waals surface area contributed by atoms with Gasteiger partial charge in [-0.15, -0.1) is 0 Å². The summed E-state index contributed by atoms with van der Waals surface area (Å²) in [5.41, 5.74) is 0.671. The Morgan fingerprint density at radius 3 is 2.36 bits per heavy atom. The predicted octanol–water partition coefficient (Wildman–Crippen LogP) is 1.80. The van der Waals surface area contributed by atoms with Crippen molar-refractivity contribution in [3.05, 3.63) is 63.2 Å². The summed E-state index contributed by atoms with van der Waals surface area (Å²) in [6, 6.07) is 7.97. The van der Waals surface area contributed by atoms with E-state index in [2.05, 4.69) is 4.74 Å². The summed E-state index contributed by atoms with van der Waals surface area (Å²) in [5.74, 6) is -1.09. The van der Waals surface area contributed by atoms with Crippen LogP contribution in [0.15, 0.2) is 39.5 Å². The molecule has 1 aromatic heterocycles. The molecule has 1 aliphatic rings. The summed E-state index contributed by atoms with van der Waals surface area (Å²) >= 11 is 0. The van der Waals surface area contributed by atoms with Gasteiger partial charge in [0.25, 0.3) is 0 Å². The smallest absolute Gasteiger partial charge is 0.348 e. The van der Waals surface area contributed by atoms with Crippen LogP contribution in [0, 0.1) is 6.92 Å². The van der Waals surface area contributed by atoms with E-state index in [9.17, 15) is 14.4 Å². The van der Waals surface area contributed by atoms with Gasteiger partial charge in [0.15, 0.2) is 0 Å². The van der Waals surface area contributed by atoms with Crippen LogP contribution >= 0.6 is 0 Å². The van der Waals surface area contributed by atoms with Gasteiger partial charge < -0.3 is 18.6 Å². The minimum Gasteiger partial charge on any atom is -0.477 e. The van der Waals surface area contributed by atoms with Crippen LogP contribution in [0.1, 0.15) is 33.2 Å². The number of aryl methyl sites for hydroxylation is 1. The molecule has 2 aromatic rings. The van der Waals surface area contributed by atoms with Gasteiger partial charge in [0.1, 0.15) is 11.5 Å². The minimum atomic E-state index is -1.01. The molecule has 130 valence electrons. The first-order valence-corrected chi connectivity index (χ1v) is 7.53. The Morgan fingerprint density at radius 1 is 1.08 bits per heavy atom. The standard InChI is InChI=1S/C18H16O7/c1-9-8-12-14(17(20)24-9)13(15(25-12)18(21)23-3)10-4-6-11(7-5-10)16(19)22-2/h4-8,13,15H,1-3H3/t13-,15+/m0/s1. The van der Waals surface area contributed by atoms with E-state index < -0.39 is 29.6 Å². The zero-order valence-electron chi connectivity index (χ0n) is 13.9. The zero-order valence-corrected chi connectivity index (χ0v) is 13.9. The number of fused-ring (bicyclic) bond motifs is 1. The van der Waals surface area contributed by atoms with Crippen LogP contribution in [0.4, 0.5) is 0 Å². The van der Waals surface area contributed by atoms with Gasteiger partial charge in [0, 0.05) is 6.07 Å². The molecular formula is C18H16O7. The first-order chi connectivity index (χ1) is 12.0. The fourth-order valence-electron chi connectivity index (χ4n) is 2.91. The van der Waals surface area contributed by atoms with Crippen molar-refractivity contribution in [2.45, 2.75) is 18.9 Å². The highest BCUT2D eigenvalue weighted by Gasteiger charge is 2.44. The van der Waals surface area contributed by atoms with Crippen molar-refractivity contribution in [1.82, 2.24) is 0 Å². The van der Waals surface area contributed by atoms with Crippen LogP contribution in [0.5, 0.6) is 5.75 Å². The molecule has 0 unspecified atom stereocenters. The summed E-state index contributed by atoms with van der Waals surface area (Å²) in [6.07, 6.45) is -1.01. The number of hydrogen-bond donors (Lipinski definition) is 0. The molecule has 0 bridgehead atoms. The molecule has 0 aliphatic carbocycles. The number of benzene rings is 1. The van der Waals surface area contributed by atoms with Gasteiger partial charge in [-0.3, -0.25) is 0 Å². The SMILES string of the molecule is COC(=O)c1ccc([C@H]2c3c(cc(C)oc3=O)O[C@H]2C(=O)OC)cc1. The molecule has 0 fully saturated rings.